The van der Waals surface area contributed by atoms with E-state index in [1.807, 2.05) is 0 Å². The van der Waals surface area contributed by atoms with Crippen molar-refractivity contribution in [2.24, 2.45) is 0 Å². The summed E-state index contributed by atoms with van der Waals surface area (Å²) in [5.74, 6) is 0. The van der Waals surface area contributed by atoms with Crippen LogP contribution in [0, 0.1) is 0 Å². The van der Waals surface area contributed by atoms with E-state index in [9.17, 15) is 30.6 Å². The Morgan fingerprint density at radius 3 is 2.05 bits per heavy atom. The van der Waals surface area contributed by atoms with Crippen molar-refractivity contribution in [1.29, 1.82) is 0 Å². The Hall–Kier alpha value is -0.360. The molecule has 2 heterocycles. The van der Waals surface area contributed by atoms with Crippen LogP contribution in [-0.4, -0.2) is 93.1 Å². The highest BCUT2D eigenvalue weighted by molar-refractivity contribution is 4.87. The van der Waals surface area contributed by atoms with E-state index in [-0.39, 0.29) is 13.2 Å². The zero-order chi connectivity index (χ0) is 14.2. The summed E-state index contributed by atoms with van der Waals surface area (Å²) in [6.45, 7) is -0.516. The van der Waals surface area contributed by atoms with Crippen LogP contribution < -0.4 is 0 Å². The van der Waals surface area contributed by atoms with Crippen LogP contribution in [0.2, 0.25) is 0 Å². The fourth-order valence-corrected chi connectivity index (χ4v) is 2.01. The van der Waals surface area contributed by atoms with E-state index < -0.39 is 49.2 Å². The van der Waals surface area contributed by atoms with Crippen LogP contribution in [0.4, 0.5) is 0 Å². The number of hydrogen-bond acceptors (Lipinski definition) is 9. The topological polar surface area (TPSA) is 149 Å². The van der Waals surface area contributed by atoms with Gasteiger partial charge in [-0.1, -0.05) is 0 Å². The van der Waals surface area contributed by atoms with Gasteiger partial charge in [0, 0.05) is 0 Å². The quantitative estimate of drug-likeness (QED) is 0.297. The first-order valence-electron chi connectivity index (χ1n) is 5.89. The molecule has 0 radical (unpaired) electrons. The molecule has 2 rings (SSSR count). The van der Waals surface area contributed by atoms with Gasteiger partial charge in [0.1, 0.15) is 36.6 Å². The van der Waals surface area contributed by atoms with Crippen LogP contribution in [0.5, 0.6) is 0 Å². The van der Waals surface area contributed by atoms with Gasteiger partial charge < -0.3 is 44.8 Å². The van der Waals surface area contributed by atoms with Crippen molar-refractivity contribution in [1.82, 2.24) is 0 Å². The highest BCUT2D eigenvalue weighted by atomic mass is 16.7. The number of aliphatic hydroxyl groups is 6. The van der Waals surface area contributed by atoms with Crippen molar-refractivity contribution in [2.45, 2.75) is 49.2 Å². The highest BCUT2D eigenvalue weighted by Gasteiger charge is 2.45. The lowest BCUT2D eigenvalue weighted by Crippen LogP contribution is -2.60. The Balaban J connectivity index is 1.99. The molecule has 0 aliphatic carbocycles. The molecule has 2 aliphatic heterocycles. The second-order valence-electron chi connectivity index (χ2n) is 4.63. The largest absolute Gasteiger partial charge is 0.388 e. The number of hydrogen-bond donors (Lipinski definition) is 6. The highest BCUT2D eigenvalue weighted by Crippen LogP contribution is 2.23. The lowest BCUT2D eigenvalue weighted by atomic mass is 10.0. The second kappa shape index (κ2) is 5.95. The molecule has 0 saturated carbocycles. The fourth-order valence-electron chi connectivity index (χ4n) is 2.01. The van der Waals surface area contributed by atoms with Gasteiger partial charge in [0.05, 0.1) is 13.2 Å². The Morgan fingerprint density at radius 1 is 0.737 bits per heavy atom. The zero-order valence-corrected chi connectivity index (χ0v) is 9.94. The molecule has 0 aromatic carbocycles. The summed E-state index contributed by atoms with van der Waals surface area (Å²) >= 11 is 0. The van der Waals surface area contributed by atoms with E-state index >= 15 is 0 Å². The molecule has 0 aromatic rings. The van der Waals surface area contributed by atoms with E-state index in [0.29, 0.717) is 0 Å². The maximum atomic E-state index is 9.66. The molecule has 0 aromatic heterocycles. The summed E-state index contributed by atoms with van der Waals surface area (Å²) in [5, 5.41) is 57.0. The first kappa shape index (κ1) is 15.0. The van der Waals surface area contributed by atoms with E-state index in [1.165, 1.54) is 0 Å². The summed E-state index contributed by atoms with van der Waals surface area (Å²) in [4.78, 5) is 0. The first-order valence-corrected chi connectivity index (χ1v) is 5.89. The summed E-state index contributed by atoms with van der Waals surface area (Å²) in [7, 11) is 0. The van der Waals surface area contributed by atoms with Crippen LogP contribution in [-0.2, 0) is 14.2 Å². The van der Waals surface area contributed by atoms with Crippen LogP contribution in [0.25, 0.3) is 0 Å². The average molecular weight is 282 g/mol. The van der Waals surface area contributed by atoms with Crippen molar-refractivity contribution in [2.75, 3.05) is 13.2 Å². The minimum absolute atomic E-state index is 0.253. The Bertz CT molecular complexity index is 301. The van der Waals surface area contributed by atoms with Crippen molar-refractivity contribution < 1.29 is 44.8 Å². The van der Waals surface area contributed by atoms with Gasteiger partial charge in [0.25, 0.3) is 0 Å². The third-order valence-electron chi connectivity index (χ3n) is 3.19. The molecule has 112 valence electrons. The molecular weight excluding hydrogens is 264 g/mol. The molecule has 6 N–H and O–H groups in total. The molecule has 19 heavy (non-hydrogen) atoms. The molecule has 0 unspecified atom stereocenters. The minimum atomic E-state index is -1.54. The first-order chi connectivity index (χ1) is 8.91. The zero-order valence-electron chi connectivity index (χ0n) is 9.94. The summed E-state index contributed by atoms with van der Waals surface area (Å²) in [6.07, 6.45) is -11.1. The molecule has 9 heteroatoms. The Kier molecular flexibility index (Phi) is 4.71. The average Bonchev–Trinajstić information content (AvgIpc) is 2.39. The molecule has 0 amide bonds. The lowest BCUT2D eigenvalue weighted by molar-refractivity contribution is -0.329. The lowest BCUT2D eigenvalue weighted by Gasteiger charge is -2.41. The number of rotatable bonds is 2. The van der Waals surface area contributed by atoms with Crippen molar-refractivity contribution in [3.05, 3.63) is 0 Å². The van der Waals surface area contributed by atoms with Crippen LogP contribution in [0.3, 0.4) is 0 Å². The maximum Gasteiger partial charge on any atom is 0.186 e. The maximum absolute atomic E-state index is 9.66. The monoisotopic (exact) mass is 282 g/mol. The molecule has 0 spiro atoms. The van der Waals surface area contributed by atoms with Crippen molar-refractivity contribution >= 4 is 0 Å². The normalized spacial score (nSPS) is 52.1. The smallest absolute Gasteiger partial charge is 0.186 e. The molecule has 9 nitrogen and oxygen atoms in total. The van der Waals surface area contributed by atoms with Crippen molar-refractivity contribution in [3.8, 4) is 0 Å². The van der Waals surface area contributed by atoms with Gasteiger partial charge in [0.15, 0.2) is 12.6 Å². The molecular formula is C10H18O9. The SMILES string of the molecule is O[C@@H]1[C@@H](O)[C@@H](O[C@@H]2[C@@H](O)[C@H](O)OC[C@H]2O)OC[C@H]1O. The standard InChI is InChI=1S/C10H18O9/c11-3-1-18-10(6(14)5(3)13)19-8-4(12)2-17-9(16)7(8)15/h3-16H,1-2H2/t3-,4-,5+,6-,7-,8+,9-,10-/m1/s1. The third kappa shape index (κ3) is 3.05. The van der Waals surface area contributed by atoms with Gasteiger partial charge >= 0.3 is 0 Å². The predicted octanol–water partition coefficient (Wildman–Crippen LogP) is -4.12. The Labute approximate surface area is 108 Å². The number of ether oxygens (including phenoxy) is 3. The van der Waals surface area contributed by atoms with Gasteiger partial charge in [0.2, 0.25) is 0 Å². The van der Waals surface area contributed by atoms with Gasteiger partial charge in [-0.25, -0.2) is 0 Å². The van der Waals surface area contributed by atoms with Crippen molar-refractivity contribution in [3.63, 3.8) is 0 Å². The van der Waals surface area contributed by atoms with E-state index in [0.717, 1.165) is 0 Å². The minimum Gasteiger partial charge on any atom is -0.388 e. The van der Waals surface area contributed by atoms with E-state index in [4.69, 9.17) is 9.47 Å². The molecule has 0 bridgehead atoms. The van der Waals surface area contributed by atoms with Crippen LogP contribution in [0.15, 0.2) is 0 Å². The molecule has 2 fully saturated rings. The third-order valence-corrected chi connectivity index (χ3v) is 3.19. The molecule has 8 atom stereocenters. The summed E-state index contributed by atoms with van der Waals surface area (Å²) in [5.41, 5.74) is 0. The van der Waals surface area contributed by atoms with E-state index in [2.05, 4.69) is 4.74 Å². The van der Waals surface area contributed by atoms with Gasteiger partial charge in [-0.2, -0.15) is 0 Å². The van der Waals surface area contributed by atoms with E-state index in [1.54, 1.807) is 0 Å². The predicted molar refractivity (Wildman–Crippen MR) is 56.6 cm³/mol. The second-order valence-corrected chi connectivity index (χ2v) is 4.63. The van der Waals surface area contributed by atoms with Gasteiger partial charge in [-0.05, 0) is 0 Å². The van der Waals surface area contributed by atoms with Gasteiger partial charge in [-0.3, -0.25) is 0 Å². The number of aliphatic hydroxyl groups excluding tert-OH is 6. The fraction of sp³-hybridized carbons (Fsp3) is 1.00. The molecule has 2 saturated heterocycles. The van der Waals surface area contributed by atoms with Crippen LogP contribution in [0.1, 0.15) is 0 Å². The summed E-state index contributed by atoms with van der Waals surface area (Å²) < 4.78 is 14.8. The Morgan fingerprint density at radius 2 is 1.37 bits per heavy atom. The summed E-state index contributed by atoms with van der Waals surface area (Å²) in [6, 6.07) is 0. The molecule has 2 aliphatic rings. The van der Waals surface area contributed by atoms with Crippen LogP contribution >= 0.6 is 0 Å². The van der Waals surface area contributed by atoms with Gasteiger partial charge in [-0.15, -0.1) is 0 Å².